The van der Waals surface area contributed by atoms with E-state index in [2.05, 4.69) is 15.2 Å². The number of benzene rings is 1. The monoisotopic (exact) mass is 373 g/mol. The van der Waals surface area contributed by atoms with E-state index < -0.39 is 11.9 Å². The Morgan fingerprint density at radius 2 is 1.89 bits per heavy atom. The van der Waals surface area contributed by atoms with Crippen molar-refractivity contribution in [1.29, 1.82) is 5.41 Å². The van der Waals surface area contributed by atoms with Crippen LogP contribution in [0.1, 0.15) is 36.1 Å². The Morgan fingerprint density at radius 1 is 1.15 bits per heavy atom. The van der Waals surface area contributed by atoms with Gasteiger partial charge in [0.15, 0.2) is 0 Å². The maximum Gasteiger partial charge on any atom is 0.433 e. The van der Waals surface area contributed by atoms with Gasteiger partial charge < -0.3 is 5.73 Å². The van der Waals surface area contributed by atoms with E-state index in [0.717, 1.165) is 59.3 Å². The summed E-state index contributed by atoms with van der Waals surface area (Å²) in [5.74, 6) is 0. The topological polar surface area (TPSA) is 91.4 Å². The maximum atomic E-state index is 13.2. The minimum absolute atomic E-state index is 0.173. The summed E-state index contributed by atoms with van der Waals surface area (Å²) in [5.41, 5.74) is 7.09. The smallest absolute Gasteiger partial charge is 0.404 e. The summed E-state index contributed by atoms with van der Waals surface area (Å²) in [7, 11) is 0. The fourth-order valence-electron chi connectivity index (χ4n) is 3.88. The van der Waals surface area contributed by atoms with Crippen molar-refractivity contribution in [3.05, 3.63) is 41.4 Å². The molecule has 0 saturated carbocycles. The molecule has 4 N–H and O–H groups in total. The Bertz CT molecular complexity index is 1080. The standard InChI is InChI=1S/C19H18F3N5/c20-19(21,22)18(24)12(8-23)17-11-5-3-1-2-4-10(11)16-13-9-25-27-14(13)6-7-15(16)26-17/h6-9,24H,1-5,23H2,(H,25,27)/b12-8-,24-18?. The van der Waals surface area contributed by atoms with Crippen molar-refractivity contribution in [3.63, 3.8) is 0 Å². The number of hydrogen-bond acceptors (Lipinski definition) is 4. The lowest BCUT2D eigenvalue weighted by molar-refractivity contribution is -0.0578. The number of hydrogen-bond donors (Lipinski definition) is 3. The summed E-state index contributed by atoms with van der Waals surface area (Å²) in [4.78, 5) is 4.53. The van der Waals surface area contributed by atoms with E-state index in [1.54, 1.807) is 12.3 Å². The molecule has 5 nitrogen and oxygen atoms in total. The number of allylic oxidation sites excluding steroid dienone is 1. The van der Waals surface area contributed by atoms with E-state index in [9.17, 15) is 13.2 Å². The molecule has 0 amide bonds. The van der Waals surface area contributed by atoms with E-state index in [1.807, 2.05) is 6.07 Å². The largest absolute Gasteiger partial charge is 0.433 e. The first kappa shape index (κ1) is 17.5. The lowest BCUT2D eigenvalue weighted by Crippen LogP contribution is -2.25. The fraction of sp³-hybridized carbons (Fsp3) is 0.316. The zero-order chi connectivity index (χ0) is 19.2. The predicted octanol–water partition coefficient (Wildman–Crippen LogP) is 4.26. The van der Waals surface area contributed by atoms with Crippen molar-refractivity contribution in [2.45, 2.75) is 38.3 Å². The van der Waals surface area contributed by atoms with Crippen LogP contribution in [0.2, 0.25) is 0 Å². The molecule has 0 fully saturated rings. The molecule has 0 bridgehead atoms. The van der Waals surface area contributed by atoms with Crippen LogP contribution < -0.4 is 5.73 Å². The van der Waals surface area contributed by atoms with Gasteiger partial charge in [-0.3, -0.25) is 10.5 Å². The average molecular weight is 373 g/mol. The van der Waals surface area contributed by atoms with Gasteiger partial charge in [0.1, 0.15) is 5.71 Å². The quantitative estimate of drug-likeness (QED) is 0.463. The van der Waals surface area contributed by atoms with Crippen LogP contribution in [-0.2, 0) is 12.8 Å². The van der Waals surface area contributed by atoms with Crippen LogP contribution in [0.15, 0.2) is 24.5 Å². The second-order valence-corrected chi connectivity index (χ2v) is 6.72. The number of nitrogens with two attached hydrogens (primary N) is 1. The molecule has 0 aliphatic heterocycles. The SMILES string of the molecule is N=C(/C(=C\N)c1nc2ccc3[nH]ncc3c2c2c1CCCCC2)C(F)(F)F. The number of aromatic amines is 1. The second-order valence-electron chi connectivity index (χ2n) is 6.72. The maximum absolute atomic E-state index is 13.2. The van der Waals surface area contributed by atoms with Gasteiger partial charge in [-0.2, -0.15) is 18.3 Å². The second kappa shape index (κ2) is 6.37. The number of halogens is 3. The molecule has 27 heavy (non-hydrogen) atoms. The Kier molecular flexibility index (Phi) is 4.13. The van der Waals surface area contributed by atoms with Gasteiger partial charge >= 0.3 is 6.18 Å². The summed E-state index contributed by atoms with van der Waals surface area (Å²) in [5, 5.41) is 16.5. The third kappa shape index (κ3) is 2.85. The summed E-state index contributed by atoms with van der Waals surface area (Å²) in [6, 6.07) is 3.58. The lowest BCUT2D eigenvalue weighted by atomic mass is 9.91. The normalized spacial score (nSPS) is 15.7. The molecule has 3 aromatic rings. The first-order valence-electron chi connectivity index (χ1n) is 8.77. The molecule has 1 aromatic carbocycles. The number of nitrogens with one attached hydrogen (secondary N) is 2. The highest BCUT2D eigenvalue weighted by atomic mass is 19.4. The molecular weight excluding hydrogens is 355 g/mol. The van der Waals surface area contributed by atoms with Crippen molar-refractivity contribution in [1.82, 2.24) is 15.2 Å². The summed E-state index contributed by atoms with van der Waals surface area (Å²) in [6.45, 7) is 0. The van der Waals surface area contributed by atoms with Crippen molar-refractivity contribution in [3.8, 4) is 0 Å². The van der Waals surface area contributed by atoms with Gasteiger partial charge in [-0.15, -0.1) is 0 Å². The number of pyridine rings is 1. The zero-order valence-electron chi connectivity index (χ0n) is 14.5. The van der Waals surface area contributed by atoms with Gasteiger partial charge in [0.05, 0.1) is 22.9 Å². The first-order valence-corrected chi connectivity index (χ1v) is 8.77. The van der Waals surface area contributed by atoms with Crippen LogP contribution in [0.3, 0.4) is 0 Å². The average Bonchev–Trinajstić information content (AvgIpc) is 2.97. The molecular formula is C19H18F3N5. The molecule has 0 radical (unpaired) electrons. The van der Waals surface area contributed by atoms with Crippen molar-refractivity contribution in [2.24, 2.45) is 5.73 Å². The van der Waals surface area contributed by atoms with Crippen molar-refractivity contribution in [2.75, 3.05) is 0 Å². The Labute approximate surface area is 153 Å². The summed E-state index contributed by atoms with van der Waals surface area (Å²) >= 11 is 0. The number of fused-ring (bicyclic) bond motifs is 5. The Balaban J connectivity index is 2.06. The molecule has 8 heteroatoms. The van der Waals surface area contributed by atoms with E-state index in [4.69, 9.17) is 11.1 Å². The predicted molar refractivity (Wildman–Crippen MR) is 98.6 cm³/mol. The molecule has 1 aliphatic rings. The van der Waals surface area contributed by atoms with E-state index in [1.165, 1.54) is 0 Å². The van der Waals surface area contributed by atoms with Crippen LogP contribution in [0.25, 0.3) is 27.4 Å². The molecule has 1 aliphatic carbocycles. The van der Waals surface area contributed by atoms with Crippen molar-refractivity contribution < 1.29 is 13.2 Å². The molecule has 0 unspecified atom stereocenters. The van der Waals surface area contributed by atoms with Crippen LogP contribution >= 0.6 is 0 Å². The zero-order valence-corrected chi connectivity index (χ0v) is 14.5. The third-order valence-corrected chi connectivity index (χ3v) is 5.11. The minimum Gasteiger partial charge on any atom is -0.404 e. The molecule has 0 saturated heterocycles. The van der Waals surface area contributed by atoms with Crippen LogP contribution in [0.4, 0.5) is 13.2 Å². The highest BCUT2D eigenvalue weighted by molar-refractivity contribution is 6.25. The molecule has 2 aromatic heterocycles. The number of alkyl halides is 3. The molecule has 140 valence electrons. The highest BCUT2D eigenvalue weighted by Gasteiger charge is 2.38. The number of nitrogens with zero attached hydrogens (tertiary/aromatic N) is 2. The number of rotatable bonds is 2. The Morgan fingerprint density at radius 3 is 2.59 bits per heavy atom. The van der Waals surface area contributed by atoms with E-state index in [0.29, 0.717) is 11.9 Å². The van der Waals surface area contributed by atoms with Gasteiger partial charge in [-0.05, 0) is 48.9 Å². The molecule has 0 spiro atoms. The number of H-pyrrole nitrogens is 1. The minimum atomic E-state index is -4.78. The number of aromatic nitrogens is 3. The first-order chi connectivity index (χ1) is 12.9. The third-order valence-electron chi connectivity index (χ3n) is 5.11. The fourth-order valence-corrected chi connectivity index (χ4v) is 3.88. The lowest BCUT2D eigenvalue weighted by Gasteiger charge is -2.19. The summed E-state index contributed by atoms with van der Waals surface area (Å²) < 4.78 is 39.6. The van der Waals surface area contributed by atoms with Crippen LogP contribution in [0, 0.1) is 5.41 Å². The molecule has 4 rings (SSSR count). The summed E-state index contributed by atoms with van der Waals surface area (Å²) in [6.07, 6.45) is 1.98. The molecule has 2 heterocycles. The van der Waals surface area contributed by atoms with E-state index in [-0.39, 0.29) is 11.3 Å². The van der Waals surface area contributed by atoms with E-state index >= 15 is 0 Å². The van der Waals surface area contributed by atoms with Gasteiger partial charge in [-0.1, -0.05) is 6.42 Å². The molecule has 0 atom stereocenters. The Hall–Kier alpha value is -2.90. The van der Waals surface area contributed by atoms with Crippen molar-refractivity contribution >= 4 is 33.1 Å². The van der Waals surface area contributed by atoms with Gasteiger partial charge in [0, 0.05) is 22.5 Å². The van der Waals surface area contributed by atoms with Gasteiger partial charge in [-0.25, -0.2) is 4.98 Å². The van der Waals surface area contributed by atoms with Crippen LogP contribution in [0.5, 0.6) is 0 Å². The number of aryl methyl sites for hydroxylation is 1. The van der Waals surface area contributed by atoms with Crippen LogP contribution in [-0.4, -0.2) is 27.1 Å². The van der Waals surface area contributed by atoms with Gasteiger partial charge in [0.2, 0.25) is 0 Å². The highest BCUT2D eigenvalue weighted by Crippen LogP contribution is 2.37. The van der Waals surface area contributed by atoms with Gasteiger partial charge in [0.25, 0.3) is 0 Å².